The number of ether oxygens (including phenoxy) is 2. The summed E-state index contributed by atoms with van der Waals surface area (Å²) in [5.41, 5.74) is 9.55. The average molecular weight is 531 g/mol. The molecule has 1 aliphatic heterocycles. The number of hydrogen-bond donors (Lipinski definition) is 0. The lowest BCUT2D eigenvalue weighted by molar-refractivity contribution is 0.359. The molecule has 4 heteroatoms. The van der Waals surface area contributed by atoms with Crippen molar-refractivity contribution < 1.29 is 9.47 Å². The molecule has 0 radical (unpaired) electrons. The van der Waals surface area contributed by atoms with Crippen molar-refractivity contribution in [3.05, 3.63) is 132 Å². The van der Waals surface area contributed by atoms with Gasteiger partial charge in [-0.2, -0.15) is 0 Å². The van der Waals surface area contributed by atoms with Crippen molar-refractivity contribution >= 4 is 0 Å². The minimum absolute atomic E-state index is 0.229. The van der Waals surface area contributed by atoms with Crippen LogP contribution in [0.3, 0.4) is 0 Å². The van der Waals surface area contributed by atoms with Gasteiger partial charge in [0.25, 0.3) is 0 Å². The third-order valence-corrected chi connectivity index (χ3v) is 8.15. The third kappa shape index (κ3) is 3.83. The molecular weight excluding hydrogens is 504 g/mol. The van der Waals surface area contributed by atoms with Crippen molar-refractivity contribution in [2.75, 3.05) is 0 Å². The van der Waals surface area contributed by atoms with Gasteiger partial charge in [-0.25, -0.2) is 9.97 Å². The molecule has 5 aromatic carbocycles. The summed E-state index contributed by atoms with van der Waals surface area (Å²) in [7, 11) is 0. The molecule has 2 heterocycles. The molecule has 0 saturated heterocycles. The largest absolute Gasteiger partial charge is 0.450 e. The molecule has 0 spiro atoms. The monoisotopic (exact) mass is 530 g/mol. The van der Waals surface area contributed by atoms with E-state index >= 15 is 0 Å². The SMILES string of the molecule is CC1(C)c2cc(-c3cc(-c4ccccc4)nc(-c4ccccc4)n3)ccc2-c2cc3c(cc21)Oc1ccccc1O3. The van der Waals surface area contributed by atoms with E-state index in [-0.39, 0.29) is 5.41 Å². The number of hydrogen-bond acceptors (Lipinski definition) is 4. The topological polar surface area (TPSA) is 44.2 Å². The normalized spacial score (nSPS) is 13.7. The predicted molar refractivity (Wildman–Crippen MR) is 162 cm³/mol. The van der Waals surface area contributed by atoms with Gasteiger partial charge in [-0.15, -0.1) is 0 Å². The van der Waals surface area contributed by atoms with Gasteiger partial charge in [0.1, 0.15) is 0 Å². The lowest BCUT2D eigenvalue weighted by atomic mass is 9.81. The van der Waals surface area contributed by atoms with E-state index in [0.29, 0.717) is 5.82 Å². The standard InChI is InChI=1S/C37H26N2O2/c1-37(2)28-19-25(31-22-30(23-11-5-3-6-12-23)38-36(39-31)24-13-7-4-8-14-24)17-18-26(28)27-20-34-35(21-29(27)37)41-33-16-10-9-15-32(33)40-34/h3-22H,1-2H3. The minimum Gasteiger partial charge on any atom is -0.450 e. The Labute approximate surface area is 238 Å². The van der Waals surface area contributed by atoms with Crippen molar-refractivity contribution in [2.24, 2.45) is 0 Å². The zero-order valence-corrected chi connectivity index (χ0v) is 22.8. The number of rotatable bonds is 3. The maximum atomic E-state index is 6.26. The first kappa shape index (κ1) is 23.6. The second kappa shape index (κ2) is 8.90. The Balaban J connectivity index is 1.25. The molecule has 0 saturated carbocycles. The number of para-hydroxylation sites is 2. The molecule has 196 valence electrons. The van der Waals surface area contributed by atoms with Crippen LogP contribution in [0.2, 0.25) is 0 Å². The second-order valence-electron chi connectivity index (χ2n) is 11.1. The van der Waals surface area contributed by atoms with E-state index in [1.165, 1.54) is 22.3 Å². The zero-order valence-electron chi connectivity index (χ0n) is 22.8. The highest BCUT2D eigenvalue weighted by atomic mass is 16.6. The fourth-order valence-corrected chi connectivity index (χ4v) is 5.98. The van der Waals surface area contributed by atoms with E-state index in [2.05, 4.69) is 74.5 Å². The van der Waals surface area contributed by atoms with E-state index < -0.39 is 0 Å². The highest BCUT2D eigenvalue weighted by Gasteiger charge is 2.38. The van der Waals surface area contributed by atoms with Gasteiger partial charge in [0.05, 0.1) is 11.4 Å². The first-order chi connectivity index (χ1) is 20.0. The summed E-state index contributed by atoms with van der Waals surface area (Å²) in [4.78, 5) is 10.0. The summed E-state index contributed by atoms with van der Waals surface area (Å²) in [6.07, 6.45) is 0. The third-order valence-electron chi connectivity index (χ3n) is 8.15. The van der Waals surface area contributed by atoms with Gasteiger partial charge in [0.2, 0.25) is 0 Å². The molecule has 0 fully saturated rings. The van der Waals surface area contributed by atoms with E-state index in [0.717, 1.165) is 51.1 Å². The Hall–Kier alpha value is -5.22. The summed E-state index contributed by atoms with van der Waals surface area (Å²) in [6.45, 7) is 4.55. The number of nitrogens with zero attached hydrogens (tertiary/aromatic N) is 2. The van der Waals surface area contributed by atoms with Crippen LogP contribution in [0.1, 0.15) is 25.0 Å². The Kier molecular flexibility index (Phi) is 5.13. The van der Waals surface area contributed by atoms with Gasteiger partial charge < -0.3 is 9.47 Å². The van der Waals surface area contributed by atoms with Crippen LogP contribution in [0, 0.1) is 0 Å². The molecule has 0 bridgehead atoms. The van der Waals surface area contributed by atoms with Gasteiger partial charge in [-0.1, -0.05) is 98.8 Å². The lowest BCUT2D eigenvalue weighted by Crippen LogP contribution is -2.15. The highest BCUT2D eigenvalue weighted by molar-refractivity contribution is 5.86. The molecule has 1 aliphatic carbocycles. The van der Waals surface area contributed by atoms with Crippen LogP contribution < -0.4 is 9.47 Å². The first-order valence-electron chi connectivity index (χ1n) is 13.8. The van der Waals surface area contributed by atoms with E-state index in [4.69, 9.17) is 19.4 Å². The van der Waals surface area contributed by atoms with Crippen LogP contribution in [0.15, 0.2) is 121 Å². The van der Waals surface area contributed by atoms with Crippen LogP contribution >= 0.6 is 0 Å². The average Bonchev–Trinajstić information content (AvgIpc) is 3.24. The van der Waals surface area contributed by atoms with Crippen LogP contribution in [0.25, 0.3) is 45.0 Å². The molecule has 1 aromatic heterocycles. The molecular formula is C37H26N2O2. The second-order valence-corrected chi connectivity index (χ2v) is 11.1. The summed E-state index contributed by atoms with van der Waals surface area (Å²) in [6, 6.07) is 41.3. The maximum absolute atomic E-state index is 6.26. The first-order valence-corrected chi connectivity index (χ1v) is 13.8. The van der Waals surface area contributed by atoms with Crippen LogP contribution in [0.4, 0.5) is 0 Å². The molecule has 0 unspecified atom stereocenters. The Bertz CT molecular complexity index is 1910. The maximum Gasteiger partial charge on any atom is 0.170 e. The highest BCUT2D eigenvalue weighted by Crippen LogP contribution is 2.55. The summed E-state index contributed by atoms with van der Waals surface area (Å²) >= 11 is 0. The molecule has 2 aliphatic rings. The number of fused-ring (bicyclic) bond motifs is 5. The quantitative estimate of drug-likeness (QED) is 0.228. The molecule has 4 nitrogen and oxygen atoms in total. The molecule has 0 amide bonds. The Morgan fingerprint density at radius 1 is 0.463 bits per heavy atom. The van der Waals surface area contributed by atoms with Crippen LogP contribution in [0.5, 0.6) is 23.0 Å². The minimum atomic E-state index is -0.229. The molecule has 6 aromatic rings. The number of aromatic nitrogens is 2. The van der Waals surface area contributed by atoms with Gasteiger partial charge in [-0.05, 0) is 58.7 Å². The Morgan fingerprint density at radius 3 is 1.71 bits per heavy atom. The van der Waals surface area contributed by atoms with Gasteiger partial charge >= 0.3 is 0 Å². The van der Waals surface area contributed by atoms with Gasteiger partial charge in [0, 0.05) is 22.1 Å². The van der Waals surface area contributed by atoms with Gasteiger partial charge in [0.15, 0.2) is 28.8 Å². The summed E-state index contributed by atoms with van der Waals surface area (Å²) < 4.78 is 12.5. The number of benzene rings is 5. The molecule has 0 atom stereocenters. The Morgan fingerprint density at radius 2 is 1.02 bits per heavy atom. The fraction of sp³-hybridized carbons (Fsp3) is 0.0811. The van der Waals surface area contributed by atoms with Gasteiger partial charge in [-0.3, -0.25) is 0 Å². The fourth-order valence-electron chi connectivity index (χ4n) is 5.98. The van der Waals surface area contributed by atoms with Crippen LogP contribution in [-0.2, 0) is 5.41 Å². The van der Waals surface area contributed by atoms with Crippen molar-refractivity contribution in [3.8, 4) is 68.0 Å². The van der Waals surface area contributed by atoms with E-state index in [1.807, 2.05) is 60.7 Å². The summed E-state index contributed by atoms with van der Waals surface area (Å²) in [5, 5.41) is 0. The summed E-state index contributed by atoms with van der Waals surface area (Å²) in [5.74, 6) is 3.68. The molecule has 41 heavy (non-hydrogen) atoms. The smallest absolute Gasteiger partial charge is 0.170 e. The van der Waals surface area contributed by atoms with Crippen molar-refractivity contribution in [2.45, 2.75) is 19.3 Å². The van der Waals surface area contributed by atoms with Crippen LogP contribution in [-0.4, -0.2) is 9.97 Å². The molecule has 8 rings (SSSR count). The van der Waals surface area contributed by atoms with E-state index in [9.17, 15) is 0 Å². The van der Waals surface area contributed by atoms with Crippen molar-refractivity contribution in [3.63, 3.8) is 0 Å². The zero-order chi connectivity index (χ0) is 27.6. The van der Waals surface area contributed by atoms with Crippen molar-refractivity contribution in [1.29, 1.82) is 0 Å². The van der Waals surface area contributed by atoms with E-state index in [1.54, 1.807) is 0 Å². The lowest BCUT2D eigenvalue weighted by Gasteiger charge is -2.25. The molecule has 0 N–H and O–H groups in total. The predicted octanol–water partition coefficient (Wildman–Crippen LogP) is 9.68. The van der Waals surface area contributed by atoms with Crippen molar-refractivity contribution in [1.82, 2.24) is 9.97 Å².